The van der Waals surface area contributed by atoms with Crippen molar-refractivity contribution >= 4 is 23.5 Å². The molecule has 4 fully saturated rings. The van der Waals surface area contributed by atoms with Crippen LogP contribution in [0.1, 0.15) is 0 Å². The van der Waals surface area contributed by atoms with Crippen LogP contribution in [0.15, 0.2) is 0 Å². The molecule has 35 heavy (non-hydrogen) atoms. The lowest BCUT2D eigenvalue weighted by Crippen LogP contribution is -3.08. The van der Waals surface area contributed by atoms with E-state index >= 15 is 0 Å². The molecule has 0 aliphatic heterocycles. The average Bonchev–Trinajstić information content (AvgIpc) is 2.71. The van der Waals surface area contributed by atoms with Gasteiger partial charge in [0.2, 0.25) is 5.41 Å². The molecular formula is C15H6ClF15O4. The van der Waals surface area contributed by atoms with Crippen molar-refractivity contribution in [3.05, 3.63) is 0 Å². The van der Waals surface area contributed by atoms with E-state index in [1.54, 1.807) is 0 Å². The molecule has 202 valence electrons. The second-order valence-electron chi connectivity index (χ2n) is 7.78. The van der Waals surface area contributed by atoms with Gasteiger partial charge in [-0.05, 0) is 0 Å². The van der Waals surface area contributed by atoms with Crippen LogP contribution in [0, 0.1) is 5.41 Å². The molecule has 4 bridgehead atoms. The lowest BCUT2D eigenvalue weighted by atomic mass is 9.36. The molecule has 4 saturated carbocycles. The van der Waals surface area contributed by atoms with Crippen molar-refractivity contribution in [2.24, 2.45) is 5.41 Å². The summed E-state index contributed by atoms with van der Waals surface area (Å²) in [5.41, 5.74) is -30.2. The van der Waals surface area contributed by atoms with E-state index in [9.17, 15) is 75.4 Å². The van der Waals surface area contributed by atoms with E-state index in [1.807, 2.05) is 0 Å². The summed E-state index contributed by atoms with van der Waals surface area (Å²) in [6.07, 6.45) is 0. The number of carbonyl (C=O) groups is 2. The Kier molecular flexibility index (Phi) is 5.19. The fourth-order valence-corrected chi connectivity index (χ4v) is 4.72. The quantitative estimate of drug-likeness (QED) is 0.282. The van der Waals surface area contributed by atoms with Gasteiger partial charge in [-0.25, -0.2) is 44.3 Å². The molecule has 0 spiro atoms. The number of hydrogen-bond acceptors (Lipinski definition) is 4. The Bertz CT molecular complexity index is 868. The number of rotatable bonds is 5. The maximum atomic E-state index is 14.9. The molecule has 0 aromatic rings. The third-order valence-electron chi connectivity index (χ3n) is 6.41. The van der Waals surface area contributed by atoms with Crippen molar-refractivity contribution in [1.82, 2.24) is 0 Å². The minimum absolute atomic E-state index is 1.04. The average molecular weight is 571 g/mol. The first kappa shape index (κ1) is 27.8. The van der Waals surface area contributed by atoms with Gasteiger partial charge in [0.15, 0.2) is 6.61 Å². The first-order valence-electron chi connectivity index (χ1n) is 8.56. The molecule has 0 aromatic heterocycles. The van der Waals surface area contributed by atoms with E-state index < -0.39 is 89.0 Å². The van der Waals surface area contributed by atoms with Gasteiger partial charge in [-0.1, -0.05) is 0 Å². The maximum absolute atomic E-state index is 14.9. The van der Waals surface area contributed by atoms with Crippen LogP contribution in [-0.4, -0.2) is 83.6 Å². The van der Waals surface area contributed by atoms with Crippen molar-refractivity contribution < 1.29 is 84.9 Å². The van der Waals surface area contributed by atoms with Gasteiger partial charge in [0.1, 0.15) is 12.5 Å². The van der Waals surface area contributed by atoms with Crippen LogP contribution in [0.4, 0.5) is 65.9 Å². The monoisotopic (exact) mass is 570 g/mol. The molecule has 20 heteroatoms. The van der Waals surface area contributed by atoms with E-state index in [2.05, 4.69) is 9.47 Å². The van der Waals surface area contributed by atoms with Crippen LogP contribution in [0.3, 0.4) is 0 Å². The minimum atomic E-state index is -7.92. The minimum Gasteiger partial charge on any atom is -0.462 e. The molecule has 0 radical (unpaired) electrons. The Labute approximate surface area is 186 Å². The molecule has 0 saturated heterocycles. The summed E-state index contributed by atoms with van der Waals surface area (Å²) in [6.45, 7) is -5.54. The lowest BCUT2D eigenvalue weighted by Gasteiger charge is -2.75. The standard InChI is InChI=1S/C15H6ClF15O4/c16-1-4(32)34-2-5(33)35-3-6-10(20,21)7(17)13(26,27)8(18,11(6,22)23)15(30,31)9(19,12(6,24)25)14(7,28)29/h1-3H2. The van der Waals surface area contributed by atoms with E-state index in [0.717, 1.165) is 0 Å². The predicted molar refractivity (Wildman–Crippen MR) is 76.3 cm³/mol. The van der Waals surface area contributed by atoms with Gasteiger partial charge >= 0.3 is 64.5 Å². The molecule has 0 N–H and O–H groups in total. The summed E-state index contributed by atoms with van der Waals surface area (Å²) in [5, 5.41) is 0. The van der Waals surface area contributed by atoms with Gasteiger partial charge < -0.3 is 9.47 Å². The summed E-state index contributed by atoms with van der Waals surface area (Å²) in [5.74, 6) is -51.8. The van der Waals surface area contributed by atoms with Gasteiger partial charge in [-0.3, -0.25) is 4.79 Å². The molecule has 0 unspecified atom stereocenters. The van der Waals surface area contributed by atoms with Gasteiger partial charge in [0.25, 0.3) is 0 Å². The Morgan fingerprint density at radius 2 is 0.829 bits per heavy atom. The zero-order valence-electron chi connectivity index (χ0n) is 15.8. The smallest absolute Gasteiger partial charge is 0.344 e. The molecule has 0 heterocycles. The molecule has 0 aromatic carbocycles. The Hall–Kier alpha value is -1.82. The normalized spacial score (nSPS) is 42.4. The third-order valence-corrected chi connectivity index (χ3v) is 6.63. The zero-order valence-corrected chi connectivity index (χ0v) is 16.6. The van der Waals surface area contributed by atoms with Crippen molar-refractivity contribution in [2.75, 3.05) is 19.1 Å². The Morgan fingerprint density at radius 3 is 1.11 bits per heavy atom. The highest BCUT2D eigenvalue weighted by molar-refractivity contribution is 6.26. The van der Waals surface area contributed by atoms with Crippen LogP contribution in [-0.2, 0) is 19.1 Å². The summed E-state index contributed by atoms with van der Waals surface area (Å²) < 4.78 is 226. The van der Waals surface area contributed by atoms with Gasteiger partial charge in [-0.15, -0.1) is 11.6 Å². The first-order valence-corrected chi connectivity index (χ1v) is 9.09. The van der Waals surface area contributed by atoms with E-state index in [-0.39, 0.29) is 0 Å². The zero-order chi connectivity index (χ0) is 27.7. The second kappa shape index (κ2) is 6.54. The highest BCUT2D eigenvalue weighted by Crippen LogP contribution is 2.90. The summed E-state index contributed by atoms with van der Waals surface area (Å²) in [7, 11) is 0. The Morgan fingerprint density at radius 1 is 0.514 bits per heavy atom. The SMILES string of the molecule is O=C(CCl)OCC(=O)OCC12C(F)(F)C3(F)C(F)(F)C(F)(C(F)(F)C(F)(C3(F)F)C1(F)F)C2(F)F. The molecule has 4 rings (SSSR count). The number of hydrogen-bond donors (Lipinski definition) is 0. The second-order valence-corrected chi connectivity index (χ2v) is 8.05. The molecular weight excluding hydrogens is 565 g/mol. The molecule has 4 nitrogen and oxygen atoms in total. The van der Waals surface area contributed by atoms with Crippen LogP contribution in [0.2, 0.25) is 0 Å². The van der Waals surface area contributed by atoms with Crippen LogP contribution in [0.5, 0.6) is 0 Å². The largest absolute Gasteiger partial charge is 0.462 e. The van der Waals surface area contributed by atoms with Crippen molar-refractivity contribution in [3.63, 3.8) is 0 Å². The molecule has 4 aliphatic rings. The van der Waals surface area contributed by atoms with Crippen molar-refractivity contribution in [3.8, 4) is 0 Å². The topological polar surface area (TPSA) is 52.6 Å². The predicted octanol–water partition coefficient (Wildman–Crippen LogP) is 4.28. The lowest BCUT2D eigenvalue weighted by molar-refractivity contribution is -0.613. The highest BCUT2D eigenvalue weighted by atomic mass is 35.5. The fraction of sp³-hybridized carbons (Fsp3) is 0.867. The maximum Gasteiger partial charge on any atom is 0.344 e. The number of carbonyl (C=O) groups excluding carboxylic acids is 2. The molecule has 4 aliphatic carbocycles. The third kappa shape index (κ3) is 2.06. The van der Waals surface area contributed by atoms with E-state index in [1.165, 1.54) is 0 Å². The summed E-state index contributed by atoms with van der Waals surface area (Å²) in [6, 6.07) is 0. The first-order chi connectivity index (χ1) is 15.3. The summed E-state index contributed by atoms with van der Waals surface area (Å²) >= 11 is 4.90. The molecule has 0 atom stereocenters. The number of ether oxygens (including phenoxy) is 2. The van der Waals surface area contributed by atoms with Crippen LogP contribution >= 0.6 is 11.6 Å². The summed E-state index contributed by atoms with van der Waals surface area (Å²) in [4.78, 5) is 22.2. The molecule has 0 amide bonds. The van der Waals surface area contributed by atoms with Gasteiger partial charge in [-0.2, -0.15) is 26.3 Å². The van der Waals surface area contributed by atoms with Gasteiger partial charge in [0, 0.05) is 0 Å². The van der Waals surface area contributed by atoms with Crippen LogP contribution < -0.4 is 0 Å². The van der Waals surface area contributed by atoms with Crippen LogP contribution in [0.25, 0.3) is 0 Å². The van der Waals surface area contributed by atoms with E-state index in [4.69, 9.17) is 11.6 Å². The fourth-order valence-electron chi connectivity index (χ4n) is 4.64. The highest BCUT2D eigenvalue weighted by Gasteiger charge is 3.22. The Balaban J connectivity index is 2.35. The number of halogens is 16. The number of esters is 2. The van der Waals surface area contributed by atoms with Gasteiger partial charge in [0.05, 0.1) is 0 Å². The number of alkyl halides is 16. The van der Waals surface area contributed by atoms with Crippen molar-refractivity contribution in [1.29, 1.82) is 0 Å². The van der Waals surface area contributed by atoms with Crippen molar-refractivity contribution in [2.45, 2.75) is 52.5 Å². The van der Waals surface area contributed by atoms with E-state index in [0.29, 0.717) is 0 Å².